The summed E-state index contributed by atoms with van der Waals surface area (Å²) in [6.07, 6.45) is 3.90. The molecular formula is C16H24BrClN2. The number of likely N-dealkylation sites (tertiary alicyclic amines) is 1. The van der Waals surface area contributed by atoms with Crippen LogP contribution in [0.2, 0.25) is 5.02 Å². The first kappa shape index (κ1) is 16.3. The van der Waals surface area contributed by atoms with Crippen LogP contribution >= 0.6 is 27.5 Å². The molecule has 0 bridgehead atoms. The van der Waals surface area contributed by atoms with Gasteiger partial charge < -0.3 is 5.32 Å². The molecule has 4 heteroatoms. The van der Waals surface area contributed by atoms with Crippen molar-refractivity contribution in [1.82, 2.24) is 10.2 Å². The summed E-state index contributed by atoms with van der Waals surface area (Å²) in [5.74, 6) is 0.652. The van der Waals surface area contributed by atoms with E-state index in [0.29, 0.717) is 12.0 Å². The second kappa shape index (κ2) is 7.79. The Morgan fingerprint density at radius 1 is 1.40 bits per heavy atom. The van der Waals surface area contributed by atoms with Crippen LogP contribution in [0.5, 0.6) is 0 Å². The lowest BCUT2D eigenvalue weighted by molar-refractivity contribution is 0.189. The van der Waals surface area contributed by atoms with Crippen molar-refractivity contribution in [1.29, 1.82) is 0 Å². The summed E-state index contributed by atoms with van der Waals surface area (Å²) in [5, 5.41) is 4.33. The number of hydrogen-bond acceptors (Lipinski definition) is 2. The lowest BCUT2D eigenvalue weighted by Crippen LogP contribution is -2.34. The van der Waals surface area contributed by atoms with Gasteiger partial charge in [0.2, 0.25) is 0 Å². The van der Waals surface area contributed by atoms with Crippen molar-refractivity contribution < 1.29 is 0 Å². The highest BCUT2D eigenvalue weighted by molar-refractivity contribution is 9.10. The zero-order chi connectivity index (χ0) is 14.5. The van der Waals surface area contributed by atoms with Gasteiger partial charge in [-0.1, -0.05) is 31.0 Å². The second-order valence-electron chi connectivity index (χ2n) is 5.66. The Morgan fingerprint density at radius 3 is 2.90 bits per heavy atom. The average molecular weight is 360 g/mol. The zero-order valence-corrected chi connectivity index (χ0v) is 14.7. The number of nitrogens with zero attached hydrogens (tertiary/aromatic N) is 1. The van der Waals surface area contributed by atoms with Gasteiger partial charge in [0.1, 0.15) is 0 Å². The third-order valence-electron chi connectivity index (χ3n) is 4.20. The lowest BCUT2D eigenvalue weighted by Gasteiger charge is -2.33. The zero-order valence-electron chi connectivity index (χ0n) is 12.3. The quantitative estimate of drug-likeness (QED) is 0.852. The molecule has 1 aromatic rings. The fraction of sp³-hybridized carbons (Fsp3) is 0.625. The lowest BCUT2D eigenvalue weighted by atomic mass is 9.89. The van der Waals surface area contributed by atoms with Crippen LogP contribution in [0.1, 0.15) is 37.8 Å². The van der Waals surface area contributed by atoms with Crippen molar-refractivity contribution in [3.05, 3.63) is 33.3 Å². The predicted molar refractivity (Wildman–Crippen MR) is 90.4 cm³/mol. The van der Waals surface area contributed by atoms with Gasteiger partial charge in [-0.15, -0.1) is 0 Å². The van der Waals surface area contributed by atoms with Crippen molar-refractivity contribution in [2.45, 2.75) is 32.2 Å². The van der Waals surface area contributed by atoms with Crippen LogP contribution in [-0.4, -0.2) is 31.6 Å². The normalized spacial score (nSPS) is 24.6. The SMILES string of the molecule is CCNCC1CCCCN(C)C1c1ccc(Br)c(Cl)c1. The van der Waals surface area contributed by atoms with Crippen LogP contribution in [0.25, 0.3) is 0 Å². The van der Waals surface area contributed by atoms with Gasteiger partial charge in [-0.2, -0.15) is 0 Å². The van der Waals surface area contributed by atoms with Crippen molar-refractivity contribution >= 4 is 27.5 Å². The van der Waals surface area contributed by atoms with Crippen molar-refractivity contribution in [3.8, 4) is 0 Å². The molecule has 2 atom stereocenters. The van der Waals surface area contributed by atoms with Crippen molar-refractivity contribution in [2.24, 2.45) is 5.92 Å². The summed E-state index contributed by atoms with van der Waals surface area (Å²) < 4.78 is 0.974. The average Bonchev–Trinajstić information content (AvgIpc) is 2.61. The standard InChI is InChI=1S/C16H24BrClN2/c1-3-19-11-13-6-4-5-9-20(2)16(13)12-7-8-14(17)15(18)10-12/h7-8,10,13,16,19H,3-6,9,11H2,1-2H3. The fourth-order valence-electron chi connectivity index (χ4n) is 3.19. The largest absolute Gasteiger partial charge is 0.317 e. The molecule has 1 saturated heterocycles. The number of hydrogen-bond donors (Lipinski definition) is 1. The maximum absolute atomic E-state index is 6.29. The maximum Gasteiger partial charge on any atom is 0.0551 e. The first-order chi connectivity index (χ1) is 9.63. The predicted octanol–water partition coefficient (Wildman–Crippen LogP) is 4.49. The molecule has 1 heterocycles. The van der Waals surface area contributed by atoms with E-state index in [4.69, 9.17) is 11.6 Å². The van der Waals surface area contributed by atoms with Gasteiger partial charge in [-0.05, 0) is 79.1 Å². The maximum atomic E-state index is 6.29. The fourth-order valence-corrected chi connectivity index (χ4v) is 3.63. The number of halogens is 2. The van der Waals surface area contributed by atoms with E-state index in [0.717, 1.165) is 22.6 Å². The van der Waals surface area contributed by atoms with Crippen LogP contribution in [0.15, 0.2) is 22.7 Å². The molecule has 0 radical (unpaired) electrons. The van der Waals surface area contributed by atoms with Gasteiger partial charge in [0.05, 0.1) is 5.02 Å². The van der Waals surface area contributed by atoms with Crippen LogP contribution in [0, 0.1) is 5.92 Å². The van der Waals surface area contributed by atoms with Crippen LogP contribution < -0.4 is 5.32 Å². The van der Waals surface area contributed by atoms with Gasteiger partial charge >= 0.3 is 0 Å². The van der Waals surface area contributed by atoms with E-state index in [2.05, 4.69) is 58.3 Å². The number of nitrogens with one attached hydrogen (secondary N) is 1. The smallest absolute Gasteiger partial charge is 0.0551 e. The highest BCUT2D eigenvalue weighted by Crippen LogP contribution is 2.36. The van der Waals surface area contributed by atoms with Gasteiger partial charge in [0.25, 0.3) is 0 Å². The minimum atomic E-state index is 0.460. The summed E-state index contributed by atoms with van der Waals surface area (Å²) in [6, 6.07) is 6.86. The minimum Gasteiger partial charge on any atom is -0.317 e. The molecule has 0 amide bonds. The first-order valence-electron chi connectivity index (χ1n) is 7.49. The topological polar surface area (TPSA) is 15.3 Å². The molecule has 2 nitrogen and oxygen atoms in total. The van der Waals surface area contributed by atoms with E-state index in [1.807, 2.05) is 0 Å². The summed E-state index contributed by atoms with van der Waals surface area (Å²) in [6.45, 7) is 5.46. The summed E-state index contributed by atoms with van der Waals surface area (Å²) in [5.41, 5.74) is 1.34. The molecule has 0 aliphatic carbocycles. The van der Waals surface area contributed by atoms with Gasteiger partial charge in [0.15, 0.2) is 0 Å². The van der Waals surface area contributed by atoms with Crippen LogP contribution in [0.3, 0.4) is 0 Å². The highest BCUT2D eigenvalue weighted by atomic mass is 79.9. The molecule has 1 aliphatic rings. The van der Waals surface area contributed by atoms with E-state index in [-0.39, 0.29) is 0 Å². The molecule has 0 spiro atoms. The third kappa shape index (κ3) is 3.97. The molecule has 2 rings (SSSR count). The van der Waals surface area contributed by atoms with Crippen LogP contribution in [-0.2, 0) is 0 Å². The molecule has 0 aromatic heterocycles. The summed E-state index contributed by atoms with van der Waals surface area (Å²) in [7, 11) is 2.24. The Morgan fingerprint density at radius 2 is 2.20 bits per heavy atom. The molecule has 1 N–H and O–H groups in total. The molecule has 112 valence electrons. The van der Waals surface area contributed by atoms with E-state index in [1.54, 1.807) is 0 Å². The number of benzene rings is 1. The van der Waals surface area contributed by atoms with Crippen LogP contribution in [0.4, 0.5) is 0 Å². The molecule has 1 aliphatic heterocycles. The Balaban J connectivity index is 2.26. The summed E-state index contributed by atoms with van der Waals surface area (Å²) in [4.78, 5) is 2.49. The van der Waals surface area contributed by atoms with E-state index < -0.39 is 0 Å². The molecule has 1 fully saturated rings. The molecular weight excluding hydrogens is 336 g/mol. The minimum absolute atomic E-state index is 0.460. The van der Waals surface area contributed by atoms with Gasteiger partial charge in [-0.25, -0.2) is 0 Å². The van der Waals surface area contributed by atoms with Crippen molar-refractivity contribution in [2.75, 3.05) is 26.7 Å². The Labute approximate surface area is 136 Å². The van der Waals surface area contributed by atoms with Gasteiger partial charge in [0, 0.05) is 10.5 Å². The first-order valence-corrected chi connectivity index (χ1v) is 8.66. The Kier molecular flexibility index (Phi) is 6.34. The molecule has 1 aromatic carbocycles. The van der Waals surface area contributed by atoms with E-state index in [9.17, 15) is 0 Å². The second-order valence-corrected chi connectivity index (χ2v) is 6.92. The summed E-state index contributed by atoms with van der Waals surface area (Å²) >= 11 is 9.78. The monoisotopic (exact) mass is 358 g/mol. The van der Waals surface area contributed by atoms with E-state index >= 15 is 0 Å². The van der Waals surface area contributed by atoms with E-state index in [1.165, 1.54) is 31.4 Å². The van der Waals surface area contributed by atoms with Gasteiger partial charge in [-0.3, -0.25) is 4.90 Å². The Hall–Kier alpha value is -0.0900. The highest BCUT2D eigenvalue weighted by Gasteiger charge is 2.28. The molecule has 0 saturated carbocycles. The third-order valence-corrected chi connectivity index (χ3v) is 5.43. The number of rotatable bonds is 4. The molecule has 2 unspecified atom stereocenters. The van der Waals surface area contributed by atoms with Crippen molar-refractivity contribution in [3.63, 3.8) is 0 Å². The Bertz CT molecular complexity index is 438. The molecule has 20 heavy (non-hydrogen) atoms.